The molecule has 5 nitrogen and oxygen atoms in total. The Balaban J connectivity index is 0.00000210. The van der Waals surface area contributed by atoms with E-state index >= 15 is 0 Å². The number of hydrogen-bond donors (Lipinski definition) is 1. The van der Waals surface area contributed by atoms with Gasteiger partial charge in [0.05, 0.1) is 16.1 Å². The topological polar surface area (TPSA) is 62.3 Å². The van der Waals surface area contributed by atoms with E-state index in [1.54, 1.807) is 36.4 Å². The first-order valence-corrected chi connectivity index (χ1v) is 10.2. The molecule has 1 aliphatic rings. The summed E-state index contributed by atoms with van der Waals surface area (Å²) >= 11 is 0. The van der Waals surface area contributed by atoms with E-state index in [4.69, 9.17) is 0 Å². The molecule has 142 valence electrons. The predicted molar refractivity (Wildman–Crippen MR) is 111 cm³/mol. The summed E-state index contributed by atoms with van der Waals surface area (Å²) in [6.07, 6.45) is 0. The standard InChI is InChI=1S/C20H21N3O2S.ClH/c1-15-14-21-12-13-23(15)18-9-5-6-16-10-11-19(22-20(16)18)26(24,25)17-7-3-2-4-8-17;/h2-11,15,21H,12-14H2,1H3;1H. The van der Waals surface area contributed by atoms with E-state index in [9.17, 15) is 8.42 Å². The third-order valence-electron chi connectivity index (χ3n) is 4.81. The number of benzene rings is 2. The third-order valence-corrected chi connectivity index (χ3v) is 6.48. The minimum atomic E-state index is -3.63. The predicted octanol–water partition coefficient (Wildman–Crippen LogP) is 3.29. The normalized spacial score (nSPS) is 17.5. The Bertz CT molecular complexity index is 1040. The summed E-state index contributed by atoms with van der Waals surface area (Å²) in [5.41, 5.74) is 1.72. The van der Waals surface area contributed by atoms with Crippen molar-refractivity contribution in [2.24, 2.45) is 0 Å². The van der Waals surface area contributed by atoms with Crippen LogP contribution in [0, 0.1) is 0 Å². The first-order valence-electron chi connectivity index (χ1n) is 8.74. The maximum absolute atomic E-state index is 12.9. The van der Waals surface area contributed by atoms with Crippen molar-refractivity contribution in [3.05, 3.63) is 60.7 Å². The number of anilines is 1. The highest BCUT2D eigenvalue weighted by Gasteiger charge is 2.23. The van der Waals surface area contributed by atoms with Crippen molar-refractivity contribution in [1.82, 2.24) is 10.3 Å². The lowest BCUT2D eigenvalue weighted by atomic mass is 10.1. The summed E-state index contributed by atoms with van der Waals surface area (Å²) in [6, 6.07) is 18.2. The number of fused-ring (bicyclic) bond motifs is 1. The molecule has 7 heteroatoms. The van der Waals surface area contributed by atoms with Crippen LogP contribution in [-0.4, -0.2) is 39.1 Å². The molecule has 1 aromatic heterocycles. The van der Waals surface area contributed by atoms with Crippen molar-refractivity contribution in [3.8, 4) is 0 Å². The van der Waals surface area contributed by atoms with Crippen LogP contribution in [0.15, 0.2) is 70.6 Å². The molecule has 0 saturated carbocycles. The fourth-order valence-corrected chi connectivity index (χ4v) is 4.63. The molecule has 27 heavy (non-hydrogen) atoms. The van der Waals surface area contributed by atoms with Crippen LogP contribution in [-0.2, 0) is 9.84 Å². The second kappa shape index (κ2) is 7.84. The average Bonchev–Trinajstić information content (AvgIpc) is 2.68. The molecule has 3 aromatic rings. The molecular weight excluding hydrogens is 382 g/mol. The second-order valence-corrected chi connectivity index (χ2v) is 8.46. The number of nitrogens with one attached hydrogen (secondary N) is 1. The Labute approximate surface area is 165 Å². The highest BCUT2D eigenvalue weighted by Crippen LogP contribution is 2.29. The van der Waals surface area contributed by atoms with Gasteiger partial charge in [-0.15, -0.1) is 12.4 Å². The second-order valence-electron chi connectivity index (χ2n) is 6.56. The fourth-order valence-electron chi connectivity index (χ4n) is 3.41. The van der Waals surface area contributed by atoms with Crippen LogP contribution in [0.3, 0.4) is 0 Å². The smallest absolute Gasteiger partial charge is 0.223 e. The Morgan fingerprint density at radius 2 is 1.81 bits per heavy atom. The quantitative estimate of drug-likeness (QED) is 0.727. The van der Waals surface area contributed by atoms with E-state index in [1.165, 1.54) is 0 Å². The van der Waals surface area contributed by atoms with Crippen LogP contribution in [0.2, 0.25) is 0 Å². The largest absolute Gasteiger partial charge is 0.365 e. The zero-order chi connectivity index (χ0) is 18.1. The molecule has 1 aliphatic heterocycles. The van der Waals surface area contributed by atoms with Crippen LogP contribution < -0.4 is 10.2 Å². The van der Waals surface area contributed by atoms with Gasteiger partial charge >= 0.3 is 0 Å². The van der Waals surface area contributed by atoms with Crippen LogP contribution in [0.5, 0.6) is 0 Å². The van der Waals surface area contributed by atoms with Crippen LogP contribution in [0.1, 0.15) is 6.92 Å². The van der Waals surface area contributed by atoms with E-state index in [2.05, 4.69) is 22.1 Å². The summed E-state index contributed by atoms with van der Waals surface area (Å²) < 4.78 is 25.9. The molecule has 1 atom stereocenters. The third kappa shape index (κ3) is 3.65. The van der Waals surface area contributed by atoms with Crippen molar-refractivity contribution in [2.45, 2.75) is 22.9 Å². The highest BCUT2D eigenvalue weighted by atomic mass is 35.5. The zero-order valence-electron chi connectivity index (χ0n) is 15.0. The van der Waals surface area contributed by atoms with Crippen LogP contribution in [0.4, 0.5) is 5.69 Å². The first kappa shape index (κ1) is 19.6. The van der Waals surface area contributed by atoms with Gasteiger partial charge in [-0.2, -0.15) is 0 Å². The molecule has 1 saturated heterocycles. The van der Waals surface area contributed by atoms with E-state index in [1.807, 2.05) is 24.3 Å². The average molecular weight is 404 g/mol. The van der Waals surface area contributed by atoms with Crippen molar-refractivity contribution >= 4 is 38.8 Å². The molecule has 0 aliphatic carbocycles. The summed E-state index contributed by atoms with van der Waals surface area (Å²) in [6.45, 7) is 4.84. The maximum atomic E-state index is 12.9. The Kier molecular flexibility index (Phi) is 5.69. The monoisotopic (exact) mass is 403 g/mol. The van der Waals surface area contributed by atoms with Gasteiger partial charge in [0.2, 0.25) is 9.84 Å². The van der Waals surface area contributed by atoms with E-state index in [0.717, 1.165) is 36.2 Å². The van der Waals surface area contributed by atoms with E-state index in [0.29, 0.717) is 6.04 Å². The summed E-state index contributed by atoms with van der Waals surface area (Å²) in [4.78, 5) is 7.14. The lowest BCUT2D eigenvalue weighted by Crippen LogP contribution is -2.50. The van der Waals surface area contributed by atoms with Crippen LogP contribution in [0.25, 0.3) is 10.9 Å². The summed E-state index contributed by atoms with van der Waals surface area (Å²) in [5.74, 6) is 0. The molecule has 1 fully saturated rings. The number of sulfone groups is 1. The first-order chi connectivity index (χ1) is 12.6. The van der Waals surface area contributed by atoms with E-state index in [-0.39, 0.29) is 22.3 Å². The number of aromatic nitrogens is 1. The molecule has 1 N–H and O–H groups in total. The SMILES string of the molecule is CC1CNCCN1c1cccc2ccc(S(=O)(=O)c3ccccc3)nc12.Cl. The molecule has 0 radical (unpaired) electrons. The number of halogens is 1. The molecule has 2 aromatic carbocycles. The number of rotatable bonds is 3. The van der Waals surface area contributed by atoms with Gasteiger partial charge in [0.1, 0.15) is 0 Å². The van der Waals surface area contributed by atoms with Gasteiger partial charge in [0.15, 0.2) is 5.03 Å². The van der Waals surface area contributed by atoms with Crippen molar-refractivity contribution in [3.63, 3.8) is 0 Å². The van der Waals surface area contributed by atoms with Gasteiger partial charge in [-0.3, -0.25) is 0 Å². The minimum absolute atomic E-state index is 0. The van der Waals surface area contributed by atoms with Crippen molar-refractivity contribution < 1.29 is 8.42 Å². The van der Waals surface area contributed by atoms with Gasteiger partial charge in [-0.05, 0) is 37.3 Å². The molecule has 0 bridgehead atoms. The fraction of sp³-hybridized carbons (Fsp3) is 0.250. The van der Waals surface area contributed by atoms with E-state index < -0.39 is 9.84 Å². The Hall–Kier alpha value is -2.15. The molecule has 2 heterocycles. The molecule has 0 amide bonds. The summed E-state index contributed by atoms with van der Waals surface area (Å²) in [5, 5.41) is 4.42. The van der Waals surface area contributed by atoms with Gasteiger partial charge < -0.3 is 10.2 Å². The number of nitrogens with zero attached hydrogens (tertiary/aromatic N) is 2. The Morgan fingerprint density at radius 1 is 1.04 bits per heavy atom. The number of pyridine rings is 1. The summed E-state index contributed by atoms with van der Waals surface area (Å²) in [7, 11) is -3.63. The van der Waals surface area contributed by atoms with Gasteiger partial charge in [-0.1, -0.05) is 30.3 Å². The number of para-hydroxylation sites is 1. The lowest BCUT2D eigenvalue weighted by Gasteiger charge is -2.36. The lowest BCUT2D eigenvalue weighted by molar-refractivity contribution is 0.501. The van der Waals surface area contributed by atoms with Crippen LogP contribution >= 0.6 is 12.4 Å². The van der Waals surface area contributed by atoms with Gasteiger partial charge in [0, 0.05) is 31.1 Å². The number of piperazine rings is 1. The molecule has 1 unspecified atom stereocenters. The van der Waals surface area contributed by atoms with Gasteiger partial charge in [-0.25, -0.2) is 13.4 Å². The number of hydrogen-bond acceptors (Lipinski definition) is 5. The van der Waals surface area contributed by atoms with Gasteiger partial charge in [0.25, 0.3) is 0 Å². The molecule has 4 rings (SSSR count). The molecular formula is C20H22ClN3O2S. The maximum Gasteiger partial charge on any atom is 0.223 e. The van der Waals surface area contributed by atoms with Crippen molar-refractivity contribution in [1.29, 1.82) is 0 Å². The Morgan fingerprint density at radius 3 is 2.56 bits per heavy atom. The minimum Gasteiger partial charge on any atom is -0.365 e. The highest BCUT2D eigenvalue weighted by molar-refractivity contribution is 7.91. The molecule has 0 spiro atoms. The van der Waals surface area contributed by atoms with Crippen molar-refractivity contribution in [2.75, 3.05) is 24.5 Å². The zero-order valence-corrected chi connectivity index (χ0v) is 16.6.